The van der Waals surface area contributed by atoms with Crippen molar-refractivity contribution in [3.63, 3.8) is 0 Å². The van der Waals surface area contributed by atoms with Gasteiger partial charge in [0.2, 0.25) is 0 Å². The van der Waals surface area contributed by atoms with Gasteiger partial charge in [0.05, 0.1) is 9.81 Å². The predicted octanol–water partition coefficient (Wildman–Crippen LogP) is 5.63. The maximum absolute atomic E-state index is 12.8. The Kier molecular flexibility index (Phi) is 6.91. The molecule has 136 valence electrons. The molecule has 0 radical (unpaired) electrons. The number of hydrogen-bond acceptors (Lipinski definition) is 4. The highest BCUT2D eigenvalue weighted by Gasteiger charge is 2.26. The van der Waals surface area contributed by atoms with Crippen molar-refractivity contribution in [1.29, 1.82) is 0 Å². The average molecular weight is 393 g/mol. The van der Waals surface area contributed by atoms with E-state index < -0.39 is 0 Å². The first kappa shape index (κ1) is 19.5. The molecular weight excluding hydrogens is 372 g/mol. The first-order chi connectivity index (χ1) is 13.1. The van der Waals surface area contributed by atoms with Crippen molar-refractivity contribution in [2.75, 3.05) is 5.75 Å². The van der Waals surface area contributed by atoms with Gasteiger partial charge in [0.1, 0.15) is 0 Å². The highest BCUT2D eigenvalue weighted by atomic mass is 32.2. The van der Waals surface area contributed by atoms with E-state index in [4.69, 9.17) is 0 Å². The average Bonchev–Trinajstić information content (AvgIpc) is 3.12. The second kappa shape index (κ2) is 9.58. The Morgan fingerprint density at radius 1 is 0.852 bits per heavy atom. The summed E-state index contributed by atoms with van der Waals surface area (Å²) >= 11 is 3.20. The van der Waals surface area contributed by atoms with E-state index in [0.29, 0.717) is 5.25 Å². The van der Waals surface area contributed by atoms with Crippen LogP contribution in [0.4, 0.5) is 0 Å². The molecule has 1 saturated heterocycles. The standard InChI is InChI=1S/C23H20O2S2/c1-17-16-26-23(27-17)22(20(24)14-12-18-8-4-2-5-9-18)21(25)15-13-19-10-6-3-7-11-19/h2-15,17H,16H2,1H3/b14-12+,15-13+. The molecule has 0 N–H and O–H groups in total. The molecule has 0 saturated carbocycles. The Bertz CT molecular complexity index is 833. The lowest BCUT2D eigenvalue weighted by atomic mass is 10.1. The lowest BCUT2D eigenvalue weighted by Gasteiger charge is -2.04. The summed E-state index contributed by atoms with van der Waals surface area (Å²) in [6, 6.07) is 19.2. The number of benzene rings is 2. The van der Waals surface area contributed by atoms with Gasteiger partial charge in [-0.25, -0.2) is 0 Å². The zero-order valence-corrected chi connectivity index (χ0v) is 16.6. The molecule has 0 amide bonds. The van der Waals surface area contributed by atoms with Gasteiger partial charge in [-0.1, -0.05) is 79.7 Å². The van der Waals surface area contributed by atoms with Gasteiger partial charge in [-0.2, -0.15) is 0 Å². The lowest BCUT2D eigenvalue weighted by Crippen LogP contribution is -2.10. The van der Waals surface area contributed by atoms with Crippen LogP contribution in [0.25, 0.3) is 12.2 Å². The largest absolute Gasteiger partial charge is 0.289 e. The number of allylic oxidation sites excluding steroid dienone is 3. The van der Waals surface area contributed by atoms with Crippen molar-refractivity contribution < 1.29 is 9.59 Å². The summed E-state index contributed by atoms with van der Waals surface area (Å²) in [5, 5.41) is 0.400. The van der Waals surface area contributed by atoms with Crippen molar-refractivity contribution in [3.05, 3.63) is 93.8 Å². The van der Waals surface area contributed by atoms with Crippen LogP contribution in [-0.4, -0.2) is 22.6 Å². The highest BCUT2D eigenvalue weighted by Crippen LogP contribution is 2.43. The Hall–Kier alpha value is -2.30. The Morgan fingerprint density at radius 3 is 1.74 bits per heavy atom. The summed E-state index contributed by atoms with van der Waals surface area (Å²) in [5.74, 6) is 0.422. The van der Waals surface area contributed by atoms with Crippen molar-refractivity contribution in [2.24, 2.45) is 0 Å². The van der Waals surface area contributed by atoms with E-state index in [1.165, 1.54) is 12.2 Å². The summed E-state index contributed by atoms with van der Waals surface area (Å²) in [4.78, 5) is 25.7. The monoisotopic (exact) mass is 392 g/mol. The SMILES string of the molecule is CC1CSC(=C(C(=O)/C=C/c2ccccc2)C(=O)/C=C/c2ccccc2)S1. The number of rotatable bonds is 6. The topological polar surface area (TPSA) is 34.1 Å². The second-order valence-corrected chi connectivity index (χ2v) is 8.86. The van der Waals surface area contributed by atoms with E-state index in [-0.39, 0.29) is 17.1 Å². The molecule has 1 fully saturated rings. The molecule has 27 heavy (non-hydrogen) atoms. The Balaban J connectivity index is 1.85. The molecule has 0 aromatic heterocycles. The first-order valence-corrected chi connectivity index (χ1v) is 10.6. The summed E-state index contributed by atoms with van der Waals surface area (Å²) in [6.45, 7) is 2.11. The number of hydrogen-bond donors (Lipinski definition) is 0. The fraction of sp³-hybridized carbons (Fsp3) is 0.130. The minimum atomic E-state index is -0.245. The van der Waals surface area contributed by atoms with E-state index in [1.807, 2.05) is 60.7 Å². The van der Waals surface area contributed by atoms with Gasteiger partial charge in [0.15, 0.2) is 11.6 Å². The van der Waals surface area contributed by atoms with E-state index in [1.54, 1.807) is 35.7 Å². The summed E-state index contributed by atoms with van der Waals surface area (Å²) in [5.41, 5.74) is 2.14. The first-order valence-electron chi connectivity index (χ1n) is 8.72. The van der Waals surface area contributed by atoms with Gasteiger partial charge < -0.3 is 0 Å². The minimum Gasteiger partial charge on any atom is -0.289 e. The van der Waals surface area contributed by atoms with Crippen molar-refractivity contribution in [3.8, 4) is 0 Å². The quantitative estimate of drug-likeness (QED) is 0.362. The predicted molar refractivity (Wildman–Crippen MR) is 118 cm³/mol. The maximum Gasteiger partial charge on any atom is 0.191 e. The summed E-state index contributed by atoms with van der Waals surface area (Å²) in [6.07, 6.45) is 6.50. The van der Waals surface area contributed by atoms with Crippen LogP contribution < -0.4 is 0 Å². The van der Waals surface area contributed by atoms with Crippen molar-refractivity contribution >= 4 is 47.2 Å². The van der Waals surface area contributed by atoms with E-state index >= 15 is 0 Å². The van der Waals surface area contributed by atoms with Gasteiger partial charge in [-0.05, 0) is 23.3 Å². The van der Waals surface area contributed by atoms with Crippen LogP contribution in [0.5, 0.6) is 0 Å². The van der Waals surface area contributed by atoms with E-state index in [9.17, 15) is 9.59 Å². The zero-order valence-electron chi connectivity index (χ0n) is 15.0. The van der Waals surface area contributed by atoms with Gasteiger partial charge in [0, 0.05) is 11.0 Å². The molecule has 1 aliphatic heterocycles. The van der Waals surface area contributed by atoms with Gasteiger partial charge in [-0.15, -0.1) is 23.5 Å². The molecular formula is C23H20O2S2. The minimum absolute atomic E-state index is 0.245. The third-order valence-corrected chi connectivity index (χ3v) is 6.88. The molecule has 1 heterocycles. The van der Waals surface area contributed by atoms with Gasteiger partial charge in [-0.3, -0.25) is 9.59 Å². The third-order valence-electron chi connectivity index (χ3n) is 3.91. The molecule has 0 spiro atoms. The molecule has 1 unspecified atom stereocenters. The molecule has 1 aliphatic rings. The number of carbonyl (C=O) groups excluding carboxylic acids is 2. The maximum atomic E-state index is 12.8. The van der Waals surface area contributed by atoms with Crippen LogP contribution in [0.2, 0.25) is 0 Å². The molecule has 3 rings (SSSR count). The molecule has 4 heteroatoms. The second-order valence-electron chi connectivity index (χ2n) is 6.12. The zero-order chi connectivity index (χ0) is 19.1. The van der Waals surface area contributed by atoms with Crippen LogP contribution in [0.1, 0.15) is 18.1 Å². The van der Waals surface area contributed by atoms with Crippen LogP contribution in [0.15, 0.2) is 82.6 Å². The Morgan fingerprint density at radius 2 is 1.33 bits per heavy atom. The summed E-state index contributed by atoms with van der Waals surface area (Å²) < 4.78 is 0.827. The van der Waals surface area contributed by atoms with Crippen LogP contribution in [0, 0.1) is 0 Å². The normalized spacial score (nSPS) is 16.9. The van der Waals surface area contributed by atoms with E-state index in [2.05, 4.69) is 6.92 Å². The number of carbonyl (C=O) groups is 2. The van der Waals surface area contributed by atoms with Crippen molar-refractivity contribution in [1.82, 2.24) is 0 Å². The molecule has 0 bridgehead atoms. The molecule has 2 nitrogen and oxygen atoms in total. The fourth-order valence-corrected chi connectivity index (χ4v) is 5.40. The third kappa shape index (κ3) is 5.59. The molecule has 0 aliphatic carbocycles. The lowest BCUT2D eigenvalue weighted by molar-refractivity contribution is -0.116. The molecule has 2 aromatic rings. The van der Waals surface area contributed by atoms with Crippen LogP contribution >= 0.6 is 23.5 Å². The Labute approximate surface area is 168 Å². The number of ketones is 2. The van der Waals surface area contributed by atoms with E-state index in [0.717, 1.165) is 21.1 Å². The fourth-order valence-electron chi connectivity index (χ4n) is 2.54. The van der Waals surface area contributed by atoms with Crippen LogP contribution in [0.3, 0.4) is 0 Å². The smallest absolute Gasteiger partial charge is 0.191 e. The molecule has 2 aromatic carbocycles. The highest BCUT2D eigenvalue weighted by molar-refractivity contribution is 8.25. The summed E-state index contributed by atoms with van der Waals surface area (Å²) in [7, 11) is 0. The van der Waals surface area contributed by atoms with Gasteiger partial charge >= 0.3 is 0 Å². The number of thioether (sulfide) groups is 2. The van der Waals surface area contributed by atoms with Crippen molar-refractivity contribution in [2.45, 2.75) is 12.2 Å². The van der Waals surface area contributed by atoms with Gasteiger partial charge in [0.25, 0.3) is 0 Å². The van der Waals surface area contributed by atoms with Crippen LogP contribution in [-0.2, 0) is 9.59 Å². The molecule has 1 atom stereocenters.